The molecular formula is C28H23Cl2FN4O. The van der Waals surface area contributed by atoms with Crippen LogP contribution in [0.5, 0.6) is 0 Å². The quantitative estimate of drug-likeness (QED) is 0.286. The number of hydrogen-bond acceptors (Lipinski definition) is 4. The summed E-state index contributed by atoms with van der Waals surface area (Å²) in [6.45, 7) is 7.86. The van der Waals surface area contributed by atoms with Gasteiger partial charge < -0.3 is 9.80 Å². The van der Waals surface area contributed by atoms with Crippen molar-refractivity contribution >= 4 is 45.7 Å². The highest BCUT2D eigenvalue weighted by Gasteiger charge is 2.25. The highest BCUT2D eigenvalue weighted by Crippen LogP contribution is 2.42. The van der Waals surface area contributed by atoms with Gasteiger partial charge in [0.15, 0.2) is 5.82 Å². The normalized spacial score (nSPS) is 13.8. The summed E-state index contributed by atoms with van der Waals surface area (Å²) in [5, 5.41) is 11.5. The standard InChI is InChI=1S/C28H23Cl2FN4O/c1-3-25(36)34-11-13-35(14-12-34)28-20-16-23(30)21(26-22(29)9-6-10-24(26)31)15-19(20)27(32-33-28)18-8-5-4-7-17(18)2/h3-10,15-16H,1,11-14H2,2H3. The average molecular weight is 521 g/mol. The molecule has 0 atom stereocenters. The zero-order valence-corrected chi connectivity index (χ0v) is 21.2. The third kappa shape index (κ3) is 4.31. The second-order valence-electron chi connectivity index (χ2n) is 8.68. The number of rotatable bonds is 4. The Morgan fingerprint density at radius 1 is 0.944 bits per heavy atom. The third-order valence-corrected chi connectivity index (χ3v) is 7.17. The molecule has 1 fully saturated rings. The van der Waals surface area contributed by atoms with Gasteiger partial charge in [0.05, 0.1) is 5.02 Å². The molecule has 182 valence electrons. The predicted molar refractivity (Wildman–Crippen MR) is 144 cm³/mol. The van der Waals surface area contributed by atoms with Crippen LogP contribution in [0.1, 0.15) is 5.56 Å². The van der Waals surface area contributed by atoms with Gasteiger partial charge in [-0.1, -0.05) is 60.1 Å². The van der Waals surface area contributed by atoms with E-state index in [0.717, 1.165) is 21.9 Å². The Kier molecular flexibility index (Phi) is 6.65. The molecule has 1 aliphatic rings. The van der Waals surface area contributed by atoms with E-state index in [1.807, 2.05) is 43.3 Å². The molecule has 4 aromatic rings. The molecule has 0 spiro atoms. The summed E-state index contributed by atoms with van der Waals surface area (Å²) in [6, 6.07) is 16.1. The van der Waals surface area contributed by atoms with Crippen molar-refractivity contribution < 1.29 is 9.18 Å². The summed E-state index contributed by atoms with van der Waals surface area (Å²) in [4.78, 5) is 15.9. The second-order valence-corrected chi connectivity index (χ2v) is 9.49. The molecule has 5 rings (SSSR count). The number of carbonyl (C=O) groups is 1. The van der Waals surface area contributed by atoms with Crippen molar-refractivity contribution in [3.63, 3.8) is 0 Å². The van der Waals surface area contributed by atoms with E-state index in [1.54, 1.807) is 17.0 Å². The molecule has 0 bridgehead atoms. The van der Waals surface area contributed by atoms with E-state index in [0.29, 0.717) is 48.3 Å². The lowest BCUT2D eigenvalue weighted by Gasteiger charge is -2.35. The molecule has 1 amide bonds. The van der Waals surface area contributed by atoms with Gasteiger partial charge in [-0.15, -0.1) is 10.2 Å². The number of aromatic nitrogens is 2. The molecule has 1 aromatic heterocycles. The van der Waals surface area contributed by atoms with Crippen LogP contribution in [0, 0.1) is 12.7 Å². The van der Waals surface area contributed by atoms with Gasteiger partial charge in [0, 0.05) is 58.7 Å². The monoisotopic (exact) mass is 520 g/mol. The van der Waals surface area contributed by atoms with Crippen LogP contribution in [-0.4, -0.2) is 47.2 Å². The molecule has 1 aliphatic heterocycles. The van der Waals surface area contributed by atoms with Crippen LogP contribution >= 0.6 is 23.2 Å². The zero-order valence-electron chi connectivity index (χ0n) is 19.6. The highest BCUT2D eigenvalue weighted by atomic mass is 35.5. The molecular weight excluding hydrogens is 498 g/mol. The topological polar surface area (TPSA) is 49.3 Å². The molecule has 1 saturated heterocycles. The minimum atomic E-state index is -0.452. The van der Waals surface area contributed by atoms with Crippen molar-refractivity contribution in [2.24, 2.45) is 0 Å². The van der Waals surface area contributed by atoms with Crippen molar-refractivity contribution in [2.45, 2.75) is 6.92 Å². The Bertz CT molecular complexity index is 1480. The number of hydrogen-bond donors (Lipinski definition) is 0. The molecule has 0 N–H and O–H groups in total. The highest BCUT2D eigenvalue weighted by molar-refractivity contribution is 6.37. The van der Waals surface area contributed by atoms with E-state index >= 15 is 0 Å². The first-order valence-corrected chi connectivity index (χ1v) is 12.3. The molecule has 0 aliphatic carbocycles. The lowest BCUT2D eigenvalue weighted by atomic mass is 9.96. The van der Waals surface area contributed by atoms with Crippen LogP contribution < -0.4 is 4.90 Å². The van der Waals surface area contributed by atoms with Crippen LogP contribution in [0.4, 0.5) is 10.2 Å². The molecule has 2 heterocycles. The molecule has 0 unspecified atom stereocenters. The van der Waals surface area contributed by atoms with Crippen LogP contribution in [0.2, 0.25) is 10.0 Å². The third-order valence-electron chi connectivity index (χ3n) is 6.55. The predicted octanol–water partition coefficient (Wildman–Crippen LogP) is 6.55. The summed E-state index contributed by atoms with van der Waals surface area (Å²) in [5.41, 5.74) is 3.38. The SMILES string of the molecule is C=CC(=O)N1CCN(c2nnc(-c3ccccc3C)c3cc(-c4c(F)cccc4Cl)c(Cl)cc23)CC1. The maximum atomic E-state index is 14.9. The lowest BCUT2D eigenvalue weighted by molar-refractivity contribution is -0.126. The molecule has 8 heteroatoms. The first-order valence-electron chi connectivity index (χ1n) is 11.6. The van der Waals surface area contributed by atoms with Crippen molar-refractivity contribution in [3.05, 3.63) is 88.7 Å². The number of anilines is 1. The smallest absolute Gasteiger partial charge is 0.246 e. The van der Waals surface area contributed by atoms with E-state index in [4.69, 9.17) is 23.2 Å². The minimum Gasteiger partial charge on any atom is -0.351 e. The van der Waals surface area contributed by atoms with E-state index in [2.05, 4.69) is 21.7 Å². The molecule has 3 aromatic carbocycles. The summed E-state index contributed by atoms with van der Waals surface area (Å²) >= 11 is 13.1. The summed E-state index contributed by atoms with van der Waals surface area (Å²) in [7, 11) is 0. The van der Waals surface area contributed by atoms with E-state index in [-0.39, 0.29) is 16.5 Å². The van der Waals surface area contributed by atoms with Gasteiger partial charge in [-0.05, 0) is 42.8 Å². The fourth-order valence-corrected chi connectivity index (χ4v) is 5.17. The van der Waals surface area contributed by atoms with Crippen molar-refractivity contribution in [1.29, 1.82) is 0 Å². The van der Waals surface area contributed by atoms with E-state index < -0.39 is 5.82 Å². The Morgan fingerprint density at radius 2 is 1.69 bits per heavy atom. The van der Waals surface area contributed by atoms with Crippen molar-refractivity contribution in [3.8, 4) is 22.4 Å². The van der Waals surface area contributed by atoms with Gasteiger partial charge in [-0.3, -0.25) is 4.79 Å². The Labute approximate surface area is 218 Å². The lowest BCUT2D eigenvalue weighted by Crippen LogP contribution is -2.48. The van der Waals surface area contributed by atoms with E-state index in [9.17, 15) is 9.18 Å². The molecule has 36 heavy (non-hydrogen) atoms. The zero-order chi connectivity index (χ0) is 25.4. The maximum Gasteiger partial charge on any atom is 0.246 e. The van der Waals surface area contributed by atoms with Gasteiger partial charge in [-0.25, -0.2) is 4.39 Å². The number of fused-ring (bicyclic) bond motifs is 1. The van der Waals surface area contributed by atoms with Gasteiger partial charge in [0.1, 0.15) is 11.5 Å². The van der Waals surface area contributed by atoms with Gasteiger partial charge in [0.25, 0.3) is 0 Å². The number of aryl methyl sites for hydroxylation is 1. The number of piperazine rings is 1. The maximum absolute atomic E-state index is 14.9. The number of amides is 1. The fourth-order valence-electron chi connectivity index (χ4n) is 4.64. The largest absolute Gasteiger partial charge is 0.351 e. The Balaban J connectivity index is 1.70. The molecule has 0 saturated carbocycles. The van der Waals surface area contributed by atoms with Crippen molar-refractivity contribution in [1.82, 2.24) is 15.1 Å². The number of halogens is 3. The van der Waals surface area contributed by atoms with Crippen LogP contribution in [0.15, 0.2) is 67.3 Å². The molecule has 0 radical (unpaired) electrons. The van der Waals surface area contributed by atoms with Crippen molar-refractivity contribution in [2.75, 3.05) is 31.1 Å². The number of carbonyl (C=O) groups excluding carboxylic acids is 1. The second kappa shape index (κ2) is 9.88. The Morgan fingerprint density at radius 3 is 2.39 bits per heavy atom. The summed E-state index contributed by atoms with van der Waals surface area (Å²) in [5.74, 6) is 0.127. The van der Waals surface area contributed by atoms with Crippen LogP contribution in [-0.2, 0) is 4.79 Å². The van der Waals surface area contributed by atoms with Crippen LogP contribution in [0.25, 0.3) is 33.2 Å². The van der Waals surface area contributed by atoms with Gasteiger partial charge >= 0.3 is 0 Å². The minimum absolute atomic E-state index is 0.0880. The fraction of sp³-hybridized carbons (Fsp3) is 0.179. The summed E-state index contributed by atoms with van der Waals surface area (Å²) in [6.07, 6.45) is 1.33. The average Bonchev–Trinajstić information content (AvgIpc) is 2.88. The number of nitrogens with zero attached hydrogens (tertiary/aromatic N) is 4. The Hall–Kier alpha value is -3.48. The number of benzene rings is 3. The van der Waals surface area contributed by atoms with E-state index in [1.165, 1.54) is 12.1 Å². The van der Waals surface area contributed by atoms with Gasteiger partial charge in [0.2, 0.25) is 5.91 Å². The van der Waals surface area contributed by atoms with Gasteiger partial charge in [-0.2, -0.15) is 0 Å². The first-order chi connectivity index (χ1) is 17.4. The first kappa shape index (κ1) is 24.2. The summed E-state index contributed by atoms with van der Waals surface area (Å²) < 4.78 is 14.9. The van der Waals surface area contributed by atoms with Crippen LogP contribution in [0.3, 0.4) is 0 Å². The molecule has 5 nitrogen and oxygen atoms in total.